The molecule has 1 aromatic rings. The first kappa shape index (κ1) is 11.5. The summed E-state index contributed by atoms with van der Waals surface area (Å²) in [5.41, 5.74) is 0.964. The molecule has 4 nitrogen and oxygen atoms in total. The van der Waals surface area contributed by atoms with Crippen LogP contribution >= 0.6 is 0 Å². The monoisotopic (exact) mass is 232 g/mol. The first-order valence-electron chi connectivity index (χ1n) is 5.47. The molecule has 1 aromatic carbocycles. The molecule has 0 atom stereocenters. The van der Waals surface area contributed by atoms with Crippen LogP contribution in [-0.2, 0) is 0 Å². The third-order valence-electron chi connectivity index (χ3n) is 2.72. The second-order valence-corrected chi connectivity index (χ2v) is 3.63. The summed E-state index contributed by atoms with van der Waals surface area (Å²) in [5, 5.41) is 0. The van der Waals surface area contributed by atoms with Crippen molar-refractivity contribution in [1.82, 2.24) is 4.90 Å². The number of fused-ring (bicyclic) bond motifs is 1. The van der Waals surface area contributed by atoms with Crippen LogP contribution in [0.1, 0.15) is 5.56 Å². The van der Waals surface area contributed by atoms with Crippen molar-refractivity contribution in [3.63, 3.8) is 0 Å². The summed E-state index contributed by atoms with van der Waals surface area (Å²) in [6.07, 6.45) is 1.77. The number of aliphatic imine (C=N–C) groups is 1. The van der Waals surface area contributed by atoms with Gasteiger partial charge in [0.2, 0.25) is 0 Å². The van der Waals surface area contributed by atoms with E-state index in [0.29, 0.717) is 6.61 Å². The van der Waals surface area contributed by atoms with Gasteiger partial charge in [-0.2, -0.15) is 0 Å². The highest BCUT2D eigenvalue weighted by molar-refractivity contribution is 6.02. The average Bonchev–Trinajstić information content (AvgIpc) is 2.55. The van der Waals surface area contributed by atoms with Crippen molar-refractivity contribution in [1.29, 1.82) is 0 Å². The maximum atomic E-state index is 5.70. The van der Waals surface area contributed by atoms with Crippen LogP contribution in [0, 0.1) is 0 Å². The van der Waals surface area contributed by atoms with Gasteiger partial charge in [-0.25, -0.2) is 0 Å². The lowest BCUT2D eigenvalue weighted by molar-refractivity contribution is 0.300. The SMILES string of the molecule is C=CN1CCOc2cc(OC)ccc2C1=NC. The fourth-order valence-corrected chi connectivity index (χ4v) is 1.88. The summed E-state index contributed by atoms with van der Waals surface area (Å²) in [6.45, 7) is 5.14. The van der Waals surface area contributed by atoms with Gasteiger partial charge in [-0.15, -0.1) is 0 Å². The largest absolute Gasteiger partial charge is 0.497 e. The first-order chi connectivity index (χ1) is 8.30. The summed E-state index contributed by atoms with van der Waals surface area (Å²) in [6, 6.07) is 5.74. The van der Waals surface area contributed by atoms with E-state index in [1.807, 2.05) is 23.1 Å². The van der Waals surface area contributed by atoms with Gasteiger partial charge in [0.05, 0.1) is 19.2 Å². The minimum Gasteiger partial charge on any atom is -0.497 e. The maximum absolute atomic E-state index is 5.70. The van der Waals surface area contributed by atoms with E-state index < -0.39 is 0 Å². The smallest absolute Gasteiger partial charge is 0.138 e. The lowest BCUT2D eigenvalue weighted by atomic mass is 10.1. The quantitative estimate of drug-likeness (QED) is 0.781. The molecule has 1 heterocycles. The Morgan fingerprint density at radius 2 is 2.35 bits per heavy atom. The maximum Gasteiger partial charge on any atom is 0.138 e. The molecule has 0 saturated heterocycles. The van der Waals surface area contributed by atoms with Crippen molar-refractivity contribution in [3.8, 4) is 11.5 Å². The van der Waals surface area contributed by atoms with Gasteiger partial charge in [0, 0.05) is 13.1 Å². The molecule has 0 radical (unpaired) electrons. The molecule has 90 valence electrons. The number of hydrogen-bond acceptors (Lipinski definition) is 3. The molecule has 1 aliphatic rings. The van der Waals surface area contributed by atoms with Crippen LogP contribution in [0.2, 0.25) is 0 Å². The van der Waals surface area contributed by atoms with Gasteiger partial charge in [0.1, 0.15) is 23.9 Å². The summed E-state index contributed by atoms with van der Waals surface area (Å²) in [4.78, 5) is 6.29. The highest BCUT2D eigenvalue weighted by atomic mass is 16.5. The van der Waals surface area contributed by atoms with E-state index in [0.717, 1.165) is 29.4 Å². The van der Waals surface area contributed by atoms with Crippen LogP contribution < -0.4 is 9.47 Å². The zero-order valence-electron chi connectivity index (χ0n) is 10.1. The van der Waals surface area contributed by atoms with Gasteiger partial charge in [0.25, 0.3) is 0 Å². The van der Waals surface area contributed by atoms with E-state index in [1.54, 1.807) is 20.4 Å². The van der Waals surface area contributed by atoms with Crippen LogP contribution in [0.3, 0.4) is 0 Å². The Kier molecular flexibility index (Phi) is 3.32. The number of nitrogens with zero attached hydrogens (tertiary/aromatic N) is 2. The molecule has 0 amide bonds. The number of rotatable bonds is 2. The molecule has 0 spiro atoms. The van der Waals surface area contributed by atoms with E-state index in [2.05, 4.69) is 11.6 Å². The number of methoxy groups -OCH3 is 1. The number of amidine groups is 1. The Hall–Kier alpha value is -1.97. The molecular weight excluding hydrogens is 216 g/mol. The topological polar surface area (TPSA) is 34.1 Å². The molecule has 2 rings (SSSR count). The Morgan fingerprint density at radius 1 is 1.53 bits per heavy atom. The molecule has 0 saturated carbocycles. The van der Waals surface area contributed by atoms with Gasteiger partial charge >= 0.3 is 0 Å². The van der Waals surface area contributed by atoms with E-state index in [1.165, 1.54) is 0 Å². The second kappa shape index (κ2) is 4.91. The Morgan fingerprint density at radius 3 is 3.00 bits per heavy atom. The summed E-state index contributed by atoms with van der Waals surface area (Å²) in [5.74, 6) is 2.45. The van der Waals surface area contributed by atoms with Gasteiger partial charge in [0.15, 0.2) is 0 Å². The summed E-state index contributed by atoms with van der Waals surface area (Å²) in [7, 11) is 3.41. The van der Waals surface area contributed by atoms with Crippen molar-refractivity contribution in [2.24, 2.45) is 4.99 Å². The predicted octanol–water partition coefficient (Wildman–Crippen LogP) is 1.91. The molecule has 0 aliphatic carbocycles. The fraction of sp³-hybridized carbons (Fsp3) is 0.308. The van der Waals surface area contributed by atoms with Crippen molar-refractivity contribution in [3.05, 3.63) is 36.5 Å². The highest BCUT2D eigenvalue weighted by Gasteiger charge is 2.19. The normalized spacial score (nSPS) is 17.1. The predicted molar refractivity (Wildman–Crippen MR) is 67.9 cm³/mol. The van der Waals surface area contributed by atoms with E-state index in [-0.39, 0.29) is 0 Å². The van der Waals surface area contributed by atoms with Crippen LogP contribution in [0.5, 0.6) is 11.5 Å². The van der Waals surface area contributed by atoms with Gasteiger partial charge in [-0.05, 0) is 18.3 Å². The molecule has 0 N–H and O–H groups in total. The summed E-state index contributed by atoms with van der Waals surface area (Å²) >= 11 is 0. The summed E-state index contributed by atoms with van der Waals surface area (Å²) < 4.78 is 10.9. The number of hydrogen-bond donors (Lipinski definition) is 0. The van der Waals surface area contributed by atoms with Crippen LogP contribution in [0.4, 0.5) is 0 Å². The van der Waals surface area contributed by atoms with Gasteiger partial charge in [-0.3, -0.25) is 4.99 Å². The van der Waals surface area contributed by atoms with Gasteiger partial charge < -0.3 is 14.4 Å². The van der Waals surface area contributed by atoms with E-state index in [9.17, 15) is 0 Å². The molecule has 0 unspecified atom stereocenters. The Bertz CT molecular complexity index is 455. The number of ether oxygens (including phenoxy) is 2. The zero-order valence-corrected chi connectivity index (χ0v) is 10.1. The molecular formula is C13H16N2O2. The standard InChI is InChI=1S/C13H16N2O2/c1-4-15-7-8-17-12-9-10(16-3)5-6-11(12)13(15)14-2/h4-6,9H,1,7-8H2,2-3H3. The third-order valence-corrected chi connectivity index (χ3v) is 2.72. The van der Waals surface area contributed by atoms with Crippen molar-refractivity contribution < 1.29 is 9.47 Å². The van der Waals surface area contributed by atoms with Crippen molar-refractivity contribution >= 4 is 5.84 Å². The molecule has 17 heavy (non-hydrogen) atoms. The Labute approximate surface area is 101 Å². The molecule has 1 aliphatic heterocycles. The van der Waals surface area contributed by atoms with Gasteiger partial charge in [-0.1, -0.05) is 6.58 Å². The minimum atomic E-state index is 0.602. The third kappa shape index (κ3) is 2.11. The molecule has 0 bridgehead atoms. The fourth-order valence-electron chi connectivity index (χ4n) is 1.88. The Balaban J connectivity index is 2.49. The molecule has 4 heteroatoms. The lowest BCUT2D eigenvalue weighted by Gasteiger charge is -2.18. The highest BCUT2D eigenvalue weighted by Crippen LogP contribution is 2.28. The lowest BCUT2D eigenvalue weighted by Crippen LogP contribution is -2.27. The van der Waals surface area contributed by atoms with Crippen LogP contribution in [-0.4, -0.2) is 38.0 Å². The number of benzene rings is 1. The minimum absolute atomic E-state index is 0.602. The zero-order chi connectivity index (χ0) is 12.3. The molecule has 0 fully saturated rings. The second-order valence-electron chi connectivity index (χ2n) is 3.63. The average molecular weight is 232 g/mol. The molecule has 0 aromatic heterocycles. The van der Waals surface area contributed by atoms with E-state index >= 15 is 0 Å². The van der Waals surface area contributed by atoms with Crippen molar-refractivity contribution in [2.75, 3.05) is 27.3 Å². The van der Waals surface area contributed by atoms with Crippen molar-refractivity contribution in [2.45, 2.75) is 0 Å². The van der Waals surface area contributed by atoms with E-state index in [4.69, 9.17) is 9.47 Å². The van der Waals surface area contributed by atoms with Crippen LogP contribution in [0.25, 0.3) is 0 Å². The van der Waals surface area contributed by atoms with Crippen LogP contribution in [0.15, 0.2) is 36.0 Å². The first-order valence-corrected chi connectivity index (χ1v) is 5.47.